The minimum absolute atomic E-state index is 0.189. The van der Waals surface area contributed by atoms with E-state index >= 15 is 0 Å². The Morgan fingerprint density at radius 1 is 1.48 bits per heavy atom. The zero-order valence-corrected chi connectivity index (χ0v) is 15.5. The average Bonchev–Trinajstić information content (AvgIpc) is 3.02. The normalized spacial score (nSPS) is 21.4. The van der Waals surface area contributed by atoms with E-state index in [9.17, 15) is 9.90 Å². The van der Waals surface area contributed by atoms with Crippen LogP contribution < -0.4 is 0 Å². The van der Waals surface area contributed by atoms with E-state index in [1.807, 2.05) is 26.0 Å². The number of carbonyl (C=O) groups is 1. The Morgan fingerprint density at radius 3 is 2.80 bits per heavy atom. The van der Waals surface area contributed by atoms with Crippen LogP contribution in [-0.2, 0) is 9.53 Å². The van der Waals surface area contributed by atoms with Crippen LogP contribution in [0.25, 0.3) is 0 Å². The maximum Gasteiger partial charge on any atom is 0.252 e. The third-order valence-electron chi connectivity index (χ3n) is 4.67. The molecule has 2 unspecified atom stereocenters. The largest absolute Gasteiger partial charge is 0.501 e. The fraction of sp³-hybridized carbons (Fsp3) is 0.476. The minimum Gasteiger partial charge on any atom is -0.501 e. The molecule has 4 nitrogen and oxygen atoms in total. The Morgan fingerprint density at radius 2 is 2.20 bits per heavy atom. The second-order valence-electron chi connectivity index (χ2n) is 7.08. The third kappa shape index (κ3) is 4.73. The van der Waals surface area contributed by atoms with Crippen molar-refractivity contribution in [2.24, 2.45) is 11.8 Å². The predicted molar refractivity (Wildman–Crippen MR) is 101 cm³/mol. The molecule has 1 aliphatic heterocycles. The van der Waals surface area contributed by atoms with Gasteiger partial charge in [-0.25, -0.2) is 0 Å². The summed E-state index contributed by atoms with van der Waals surface area (Å²) in [7, 11) is 1.58. The molecule has 0 fully saturated rings. The van der Waals surface area contributed by atoms with Crippen molar-refractivity contribution in [1.29, 1.82) is 0 Å². The molecule has 1 N–H and O–H groups in total. The summed E-state index contributed by atoms with van der Waals surface area (Å²) in [6.45, 7) is 12.9. The first-order chi connectivity index (χ1) is 11.8. The molecule has 0 saturated carbocycles. The number of rotatable bonds is 7. The Bertz CT molecular complexity index is 640. The standard InChI is InChI=1S/C21H29NO3/c1-6-16-7-8-17-12-22(13-18(17)10-16)21(24)15(4)20(23)11-19(25-5)9-14(2)3/h6-9,14,16,20,23H,1,4,10-13H2,2-3,5H3/b19-9-. The lowest BCUT2D eigenvalue weighted by molar-refractivity contribution is -0.127. The molecule has 0 aromatic heterocycles. The minimum atomic E-state index is -0.938. The summed E-state index contributed by atoms with van der Waals surface area (Å²) in [4.78, 5) is 14.5. The Labute approximate surface area is 150 Å². The van der Waals surface area contributed by atoms with Crippen molar-refractivity contribution < 1.29 is 14.6 Å². The van der Waals surface area contributed by atoms with Gasteiger partial charge in [0.1, 0.15) is 0 Å². The highest BCUT2D eigenvalue weighted by molar-refractivity contribution is 5.94. The van der Waals surface area contributed by atoms with E-state index in [2.05, 4.69) is 25.3 Å². The first-order valence-corrected chi connectivity index (χ1v) is 8.78. The number of allylic oxidation sites excluding steroid dienone is 3. The SMILES string of the molecule is C=CC1C=CC2=C(C1)CN(C(=O)C(=C)C(O)C/C(=C/C(C)C)OC)C2. The van der Waals surface area contributed by atoms with Crippen molar-refractivity contribution in [2.75, 3.05) is 20.2 Å². The Hall–Kier alpha value is -2.07. The van der Waals surface area contributed by atoms with E-state index in [1.54, 1.807) is 12.0 Å². The molecule has 1 heterocycles. The molecular formula is C21H29NO3. The van der Waals surface area contributed by atoms with E-state index < -0.39 is 6.10 Å². The number of aliphatic hydroxyl groups excluding tert-OH is 1. The van der Waals surface area contributed by atoms with E-state index in [-0.39, 0.29) is 17.9 Å². The van der Waals surface area contributed by atoms with Crippen molar-refractivity contribution in [3.8, 4) is 0 Å². The number of ether oxygens (including phenoxy) is 1. The van der Waals surface area contributed by atoms with Crippen LogP contribution in [-0.4, -0.2) is 42.2 Å². The van der Waals surface area contributed by atoms with Gasteiger partial charge in [-0.2, -0.15) is 0 Å². The number of amides is 1. The quantitative estimate of drug-likeness (QED) is 0.438. The summed E-state index contributed by atoms with van der Waals surface area (Å²) >= 11 is 0. The predicted octanol–water partition coefficient (Wildman–Crippen LogP) is 3.38. The van der Waals surface area contributed by atoms with Crippen molar-refractivity contribution in [2.45, 2.75) is 32.8 Å². The van der Waals surface area contributed by atoms with Gasteiger partial charge in [0, 0.05) is 25.1 Å². The summed E-state index contributed by atoms with van der Waals surface area (Å²) in [5.41, 5.74) is 2.70. The van der Waals surface area contributed by atoms with Crippen LogP contribution in [0.1, 0.15) is 26.7 Å². The van der Waals surface area contributed by atoms with Crippen molar-refractivity contribution >= 4 is 5.91 Å². The Kier molecular flexibility index (Phi) is 6.43. The summed E-state index contributed by atoms with van der Waals surface area (Å²) in [6.07, 6.45) is 8.33. The molecule has 0 aromatic rings. The maximum absolute atomic E-state index is 12.7. The molecule has 1 amide bonds. The van der Waals surface area contributed by atoms with Gasteiger partial charge in [-0.05, 0) is 35.5 Å². The van der Waals surface area contributed by atoms with Crippen molar-refractivity contribution in [3.05, 3.63) is 59.9 Å². The van der Waals surface area contributed by atoms with Crippen molar-refractivity contribution in [3.63, 3.8) is 0 Å². The smallest absolute Gasteiger partial charge is 0.252 e. The second-order valence-corrected chi connectivity index (χ2v) is 7.08. The zero-order valence-electron chi connectivity index (χ0n) is 15.5. The number of aliphatic hydroxyl groups is 1. The monoisotopic (exact) mass is 343 g/mol. The summed E-state index contributed by atoms with van der Waals surface area (Å²) < 4.78 is 5.30. The van der Waals surface area contributed by atoms with Gasteiger partial charge in [0.2, 0.25) is 0 Å². The van der Waals surface area contributed by atoms with Crippen LogP contribution in [0.15, 0.2) is 59.9 Å². The van der Waals surface area contributed by atoms with Gasteiger partial charge < -0.3 is 14.7 Å². The number of carbonyl (C=O) groups excluding carboxylic acids is 1. The van der Waals surface area contributed by atoms with Gasteiger partial charge in [0.25, 0.3) is 5.91 Å². The summed E-state index contributed by atoms with van der Waals surface area (Å²) in [5.74, 6) is 1.13. The molecule has 0 bridgehead atoms. The first-order valence-electron chi connectivity index (χ1n) is 8.78. The number of methoxy groups -OCH3 is 1. The number of hydrogen-bond donors (Lipinski definition) is 1. The molecular weight excluding hydrogens is 314 g/mol. The van der Waals surface area contributed by atoms with E-state index in [0.29, 0.717) is 30.7 Å². The fourth-order valence-corrected chi connectivity index (χ4v) is 3.22. The second kappa shape index (κ2) is 8.34. The lowest BCUT2D eigenvalue weighted by atomic mass is 9.91. The van der Waals surface area contributed by atoms with Gasteiger partial charge in [-0.15, -0.1) is 6.58 Å². The fourth-order valence-electron chi connectivity index (χ4n) is 3.22. The highest BCUT2D eigenvalue weighted by Crippen LogP contribution is 2.31. The number of hydrogen-bond acceptors (Lipinski definition) is 3. The molecule has 2 atom stereocenters. The van der Waals surface area contributed by atoms with E-state index in [4.69, 9.17) is 4.74 Å². The third-order valence-corrected chi connectivity index (χ3v) is 4.67. The molecule has 0 saturated heterocycles. The molecule has 0 aromatic carbocycles. The lowest BCUT2D eigenvalue weighted by Gasteiger charge is -2.21. The first kappa shape index (κ1) is 19.3. The molecule has 25 heavy (non-hydrogen) atoms. The topological polar surface area (TPSA) is 49.8 Å². The summed E-state index contributed by atoms with van der Waals surface area (Å²) in [6, 6.07) is 0. The average molecular weight is 343 g/mol. The summed E-state index contributed by atoms with van der Waals surface area (Å²) in [5, 5.41) is 10.4. The van der Waals surface area contributed by atoms with Gasteiger partial charge >= 0.3 is 0 Å². The van der Waals surface area contributed by atoms with Gasteiger partial charge in [0.15, 0.2) is 0 Å². The molecule has 0 radical (unpaired) electrons. The lowest BCUT2D eigenvalue weighted by Crippen LogP contribution is -2.34. The Balaban J connectivity index is 1.96. The van der Waals surface area contributed by atoms with E-state index in [1.165, 1.54) is 11.1 Å². The molecule has 1 aliphatic carbocycles. The highest BCUT2D eigenvalue weighted by atomic mass is 16.5. The molecule has 2 rings (SSSR count). The van der Waals surface area contributed by atoms with Crippen LogP contribution in [0, 0.1) is 11.8 Å². The van der Waals surface area contributed by atoms with Crippen molar-refractivity contribution in [1.82, 2.24) is 4.90 Å². The van der Waals surface area contributed by atoms with E-state index in [0.717, 1.165) is 6.42 Å². The van der Waals surface area contributed by atoms with Gasteiger partial charge in [-0.1, -0.05) is 38.7 Å². The van der Waals surface area contributed by atoms with Crippen LogP contribution in [0.3, 0.4) is 0 Å². The highest BCUT2D eigenvalue weighted by Gasteiger charge is 2.30. The van der Waals surface area contributed by atoms with Crippen LogP contribution in [0.4, 0.5) is 0 Å². The van der Waals surface area contributed by atoms with Gasteiger partial charge in [0.05, 0.1) is 19.0 Å². The van der Waals surface area contributed by atoms with Gasteiger partial charge in [-0.3, -0.25) is 4.79 Å². The molecule has 2 aliphatic rings. The number of nitrogens with zero attached hydrogens (tertiary/aromatic N) is 1. The maximum atomic E-state index is 12.7. The van der Waals surface area contributed by atoms with Crippen LogP contribution >= 0.6 is 0 Å². The van der Waals surface area contributed by atoms with Crippen LogP contribution in [0.5, 0.6) is 0 Å². The zero-order chi connectivity index (χ0) is 18.6. The van der Waals surface area contributed by atoms with Crippen LogP contribution in [0.2, 0.25) is 0 Å². The molecule has 4 heteroatoms. The molecule has 0 spiro atoms. The molecule has 136 valence electrons.